The molecule has 0 aliphatic heterocycles. The lowest BCUT2D eigenvalue weighted by Crippen LogP contribution is -2.38. The fourth-order valence-corrected chi connectivity index (χ4v) is 3.62. The summed E-state index contributed by atoms with van der Waals surface area (Å²) in [5.74, 6) is 0.0526. The molecule has 1 heterocycles. The van der Waals surface area contributed by atoms with Crippen LogP contribution in [-0.2, 0) is 10.2 Å². The molecule has 2 aromatic carbocycles. The number of amides is 2. The maximum absolute atomic E-state index is 13.0. The standard InChI is InChI=1S/C26H31ClN4O2/c1-6-15-30(25(33)19-13-11-18(2)12-14-19)17-24(32)28-23-16-22(26(3,4)5)29-31(23)21-10-8-7-9-20(21)27/h7-14,16H,6,15,17H2,1-5H3,(H,28,32). The molecule has 0 atom stereocenters. The van der Waals surface area contributed by atoms with E-state index in [-0.39, 0.29) is 23.8 Å². The van der Waals surface area contributed by atoms with E-state index in [1.807, 2.05) is 50.2 Å². The third-order valence-corrected chi connectivity index (χ3v) is 5.56. The topological polar surface area (TPSA) is 67.2 Å². The zero-order valence-corrected chi connectivity index (χ0v) is 20.6. The van der Waals surface area contributed by atoms with E-state index in [2.05, 4.69) is 26.1 Å². The summed E-state index contributed by atoms with van der Waals surface area (Å²) < 4.78 is 1.65. The Morgan fingerprint density at radius 2 is 1.76 bits per heavy atom. The van der Waals surface area contributed by atoms with E-state index in [0.29, 0.717) is 28.6 Å². The molecule has 0 fully saturated rings. The van der Waals surface area contributed by atoms with Gasteiger partial charge < -0.3 is 10.2 Å². The number of carbonyl (C=O) groups is 2. The Balaban J connectivity index is 1.86. The highest BCUT2D eigenvalue weighted by molar-refractivity contribution is 6.32. The predicted octanol–water partition coefficient (Wildman–Crippen LogP) is 5.62. The van der Waals surface area contributed by atoms with Crippen LogP contribution in [0.3, 0.4) is 0 Å². The van der Waals surface area contributed by atoms with Gasteiger partial charge in [-0.1, -0.05) is 69.1 Å². The van der Waals surface area contributed by atoms with Gasteiger partial charge >= 0.3 is 0 Å². The molecule has 0 aliphatic carbocycles. The highest BCUT2D eigenvalue weighted by Crippen LogP contribution is 2.29. The lowest BCUT2D eigenvalue weighted by atomic mass is 9.92. The minimum Gasteiger partial charge on any atom is -0.329 e. The monoisotopic (exact) mass is 466 g/mol. The minimum atomic E-state index is -0.294. The number of hydrogen-bond donors (Lipinski definition) is 1. The Kier molecular flexibility index (Phi) is 7.59. The van der Waals surface area contributed by atoms with Gasteiger partial charge in [-0.15, -0.1) is 0 Å². The number of aromatic nitrogens is 2. The Labute approximate surface area is 200 Å². The minimum absolute atomic E-state index is 0.0564. The summed E-state index contributed by atoms with van der Waals surface area (Å²) in [7, 11) is 0. The summed E-state index contributed by atoms with van der Waals surface area (Å²) in [6.07, 6.45) is 0.747. The Morgan fingerprint density at radius 1 is 1.09 bits per heavy atom. The number of para-hydroxylation sites is 1. The number of halogens is 1. The van der Waals surface area contributed by atoms with Gasteiger partial charge in [0.1, 0.15) is 12.4 Å². The van der Waals surface area contributed by atoms with E-state index < -0.39 is 0 Å². The Hall–Kier alpha value is -3.12. The quantitative estimate of drug-likeness (QED) is 0.491. The van der Waals surface area contributed by atoms with E-state index >= 15 is 0 Å². The number of anilines is 1. The number of carbonyl (C=O) groups excluding carboxylic acids is 2. The molecule has 6 nitrogen and oxygen atoms in total. The maximum Gasteiger partial charge on any atom is 0.254 e. The molecule has 1 N–H and O–H groups in total. The van der Waals surface area contributed by atoms with Crippen molar-refractivity contribution in [3.05, 3.63) is 76.4 Å². The molecule has 3 aromatic rings. The van der Waals surface area contributed by atoms with Crippen LogP contribution in [0.5, 0.6) is 0 Å². The second-order valence-corrected chi connectivity index (χ2v) is 9.58. The molecule has 0 aliphatic rings. The van der Waals surface area contributed by atoms with Crippen LogP contribution < -0.4 is 5.32 Å². The highest BCUT2D eigenvalue weighted by Gasteiger charge is 2.24. The first-order chi connectivity index (χ1) is 15.6. The summed E-state index contributed by atoms with van der Waals surface area (Å²) >= 11 is 6.41. The molecular weight excluding hydrogens is 436 g/mol. The van der Waals surface area contributed by atoms with Crippen LogP contribution in [0.1, 0.15) is 55.7 Å². The van der Waals surface area contributed by atoms with Gasteiger partial charge in [-0.25, -0.2) is 4.68 Å². The van der Waals surface area contributed by atoms with Gasteiger partial charge in [-0.05, 0) is 37.6 Å². The molecule has 0 bridgehead atoms. The summed E-state index contributed by atoms with van der Waals surface area (Å²) in [6, 6.07) is 16.6. The smallest absolute Gasteiger partial charge is 0.254 e. The second-order valence-electron chi connectivity index (χ2n) is 9.17. The van der Waals surface area contributed by atoms with Crippen molar-refractivity contribution < 1.29 is 9.59 Å². The van der Waals surface area contributed by atoms with E-state index in [0.717, 1.165) is 17.7 Å². The number of nitrogens with zero attached hydrogens (tertiary/aromatic N) is 3. The van der Waals surface area contributed by atoms with Crippen LogP contribution in [0.4, 0.5) is 5.82 Å². The first-order valence-electron chi connectivity index (χ1n) is 11.1. The first kappa shape index (κ1) is 24.5. The van der Waals surface area contributed by atoms with Crippen molar-refractivity contribution in [3.8, 4) is 5.69 Å². The molecule has 0 spiro atoms. The number of nitrogens with one attached hydrogen (secondary N) is 1. The fourth-order valence-electron chi connectivity index (χ4n) is 3.40. The third-order valence-electron chi connectivity index (χ3n) is 5.24. The zero-order chi connectivity index (χ0) is 24.2. The first-order valence-corrected chi connectivity index (χ1v) is 11.5. The largest absolute Gasteiger partial charge is 0.329 e. The van der Waals surface area contributed by atoms with E-state index in [1.165, 1.54) is 0 Å². The molecule has 33 heavy (non-hydrogen) atoms. The molecule has 174 valence electrons. The summed E-state index contributed by atoms with van der Waals surface area (Å²) in [5, 5.41) is 8.18. The summed E-state index contributed by atoms with van der Waals surface area (Å²) in [6.45, 7) is 10.6. The van der Waals surface area contributed by atoms with Crippen molar-refractivity contribution in [2.75, 3.05) is 18.4 Å². The molecule has 0 saturated heterocycles. The Morgan fingerprint density at radius 3 is 2.36 bits per heavy atom. The third kappa shape index (κ3) is 6.02. The lowest BCUT2D eigenvalue weighted by Gasteiger charge is -2.22. The maximum atomic E-state index is 13.0. The number of aryl methyl sites for hydroxylation is 1. The SMILES string of the molecule is CCCN(CC(=O)Nc1cc(C(C)(C)C)nn1-c1ccccc1Cl)C(=O)c1ccc(C)cc1. The van der Waals surface area contributed by atoms with Crippen molar-refractivity contribution >= 4 is 29.2 Å². The van der Waals surface area contributed by atoms with Crippen LogP contribution in [0.15, 0.2) is 54.6 Å². The molecular formula is C26H31ClN4O2. The number of benzene rings is 2. The Bertz CT molecular complexity index is 1130. The van der Waals surface area contributed by atoms with Gasteiger partial charge in [0.2, 0.25) is 5.91 Å². The van der Waals surface area contributed by atoms with Gasteiger partial charge in [0.25, 0.3) is 5.91 Å². The van der Waals surface area contributed by atoms with Crippen LogP contribution in [0, 0.1) is 6.92 Å². The molecule has 1 aromatic heterocycles. The number of rotatable bonds is 7. The van der Waals surface area contributed by atoms with Crippen molar-refractivity contribution in [2.45, 2.75) is 46.5 Å². The van der Waals surface area contributed by atoms with E-state index in [9.17, 15) is 9.59 Å². The molecule has 2 amide bonds. The van der Waals surface area contributed by atoms with Gasteiger partial charge in [-0.2, -0.15) is 5.10 Å². The zero-order valence-electron chi connectivity index (χ0n) is 19.9. The van der Waals surface area contributed by atoms with Gasteiger partial charge in [-0.3, -0.25) is 9.59 Å². The van der Waals surface area contributed by atoms with Crippen LogP contribution in [-0.4, -0.2) is 39.6 Å². The van der Waals surface area contributed by atoms with Gasteiger partial charge in [0, 0.05) is 23.6 Å². The van der Waals surface area contributed by atoms with Crippen LogP contribution in [0.2, 0.25) is 5.02 Å². The van der Waals surface area contributed by atoms with Crippen LogP contribution in [0.25, 0.3) is 5.69 Å². The average molecular weight is 467 g/mol. The average Bonchev–Trinajstić information content (AvgIpc) is 3.18. The normalized spacial score (nSPS) is 11.3. The van der Waals surface area contributed by atoms with Crippen molar-refractivity contribution in [2.24, 2.45) is 0 Å². The second kappa shape index (κ2) is 10.2. The molecule has 0 unspecified atom stereocenters. The van der Waals surface area contributed by atoms with Gasteiger partial charge in [0.15, 0.2) is 0 Å². The van der Waals surface area contributed by atoms with Crippen LogP contribution >= 0.6 is 11.6 Å². The fraction of sp³-hybridized carbons (Fsp3) is 0.346. The summed E-state index contributed by atoms with van der Waals surface area (Å²) in [5.41, 5.74) is 2.92. The number of hydrogen-bond acceptors (Lipinski definition) is 3. The van der Waals surface area contributed by atoms with Crippen molar-refractivity contribution in [1.82, 2.24) is 14.7 Å². The molecule has 0 saturated carbocycles. The summed E-state index contributed by atoms with van der Waals surface area (Å²) in [4.78, 5) is 27.6. The lowest BCUT2D eigenvalue weighted by molar-refractivity contribution is -0.116. The van der Waals surface area contributed by atoms with Crippen molar-refractivity contribution in [3.63, 3.8) is 0 Å². The van der Waals surface area contributed by atoms with Gasteiger partial charge in [0.05, 0.1) is 16.4 Å². The predicted molar refractivity (Wildman–Crippen MR) is 133 cm³/mol. The molecule has 7 heteroatoms. The molecule has 0 radical (unpaired) electrons. The van der Waals surface area contributed by atoms with E-state index in [1.54, 1.807) is 27.8 Å². The van der Waals surface area contributed by atoms with E-state index in [4.69, 9.17) is 16.7 Å². The highest BCUT2D eigenvalue weighted by atomic mass is 35.5. The van der Waals surface area contributed by atoms with Crippen molar-refractivity contribution in [1.29, 1.82) is 0 Å². The molecule has 3 rings (SSSR count).